The van der Waals surface area contributed by atoms with Gasteiger partial charge in [-0.15, -0.1) is 0 Å². The van der Waals surface area contributed by atoms with Crippen molar-refractivity contribution in [1.82, 2.24) is 0 Å². The van der Waals surface area contributed by atoms with Crippen LogP contribution in [0, 0.1) is 10.1 Å². The van der Waals surface area contributed by atoms with Crippen LogP contribution in [0.2, 0.25) is 0 Å². The number of furan rings is 1. The van der Waals surface area contributed by atoms with Gasteiger partial charge in [0.25, 0.3) is 0 Å². The fourth-order valence-corrected chi connectivity index (χ4v) is 0.694. The molecule has 0 unspecified atom stereocenters. The van der Waals surface area contributed by atoms with E-state index in [1.54, 1.807) is 0 Å². The number of nitro groups is 1. The minimum absolute atomic E-state index is 0.213. The molecule has 1 aromatic rings. The first-order chi connectivity index (χ1) is 6.09. The summed E-state index contributed by atoms with van der Waals surface area (Å²) >= 11 is 0. The number of nitrogens with zero attached hydrogens (tertiary/aromatic N) is 1. The van der Waals surface area contributed by atoms with Crippen LogP contribution in [0.1, 0.15) is 5.76 Å². The molecule has 6 heteroatoms. The fourth-order valence-electron chi connectivity index (χ4n) is 0.694. The summed E-state index contributed by atoms with van der Waals surface area (Å²) in [7, 11) is 0. The molecule has 1 aromatic heterocycles. The van der Waals surface area contributed by atoms with Gasteiger partial charge in [-0.1, -0.05) is 0 Å². The number of rotatable bonds is 3. The molecule has 0 atom stereocenters. The summed E-state index contributed by atoms with van der Waals surface area (Å²) in [5.74, 6) is -0.798. The lowest BCUT2D eigenvalue weighted by molar-refractivity contribution is -0.402. The van der Waals surface area contributed by atoms with E-state index >= 15 is 0 Å². The van der Waals surface area contributed by atoms with E-state index in [2.05, 4.69) is 0 Å². The van der Waals surface area contributed by atoms with E-state index < -0.39 is 10.8 Å². The van der Waals surface area contributed by atoms with E-state index in [1.807, 2.05) is 0 Å². The lowest BCUT2D eigenvalue weighted by Gasteiger charge is -1.82. The van der Waals surface area contributed by atoms with E-state index in [0.29, 0.717) is 0 Å². The Labute approximate surface area is 72.8 Å². The largest absolute Gasteiger partial charge is 0.433 e. The Morgan fingerprint density at radius 1 is 1.62 bits per heavy atom. The Hall–Kier alpha value is -2.11. The molecule has 0 aliphatic rings. The molecule has 1 heterocycles. The molecule has 0 radical (unpaired) electrons. The molecule has 0 bridgehead atoms. The van der Waals surface area contributed by atoms with Crippen LogP contribution in [0.15, 0.2) is 22.6 Å². The molecule has 0 spiro atoms. The van der Waals surface area contributed by atoms with Crippen LogP contribution in [0.4, 0.5) is 5.88 Å². The van der Waals surface area contributed by atoms with Crippen molar-refractivity contribution in [2.45, 2.75) is 0 Å². The molecular weight excluding hydrogens is 176 g/mol. The topological polar surface area (TPSA) is 99.4 Å². The summed E-state index contributed by atoms with van der Waals surface area (Å²) in [5.41, 5.74) is 4.81. The van der Waals surface area contributed by atoms with Crippen LogP contribution in [0.5, 0.6) is 0 Å². The van der Waals surface area contributed by atoms with Gasteiger partial charge in [0.1, 0.15) is 10.7 Å². The smallest absolute Gasteiger partial charge is 0.401 e. The zero-order valence-corrected chi connectivity index (χ0v) is 6.47. The lowest BCUT2D eigenvalue weighted by atomic mass is 10.4. The highest BCUT2D eigenvalue weighted by Gasteiger charge is 2.09. The summed E-state index contributed by atoms with van der Waals surface area (Å²) in [6, 6.07) is 2.57. The van der Waals surface area contributed by atoms with Crippen molar-refractivity contribution in [2.24, 2.45) is 5.73 Å². The van der Waals surface area contributed by atoms with Gasteiger partial charge in [-0.25, -0.2) is 0 Å². The second-order valence-electron chi connectivity index (χ2n) is 2.17. The number of hydrogen-bond donors (Lipinski definition) is 1. The Balaban J connectivity index is 2.80. The number of amides is 1. The zero-order chi connectivity index (χ0) is 9.84. The quantitative estimate of drug-likeness (QED) is 0.422. The Morgan fingerprint density at radius 3 is 2.77 bits per heavy atom. The summed E-state index contributed by atoms with van der Waals surface area (Å²) < 4.78 is 4.70. The second kappa shape index (κ2) is 3.53. The molecule has 0 aliphatic carbocycles. The highest BCUT2D eigenvalue weighted by molar-refractivity contribution is 5.89. The normalized spacial score (nSPS) is 10.5. The summed E-state index contributed by atoms with van der Waals surface area (Å²) in [6.07, 6.45) is 2.32. The van der Waals surface area contributed by atoms with Crippen LogP contribution in [0.3, 0.4) is 0 Å². The van der Waals surface area contributed by atoms with Gasteiger partial charge in [0, 0.05) is 6.08 Å². The summed E-state index contributed by atoms with van der Waals surface area (Å²) in [5, 5.41) is 10.1. The minimum Gasteiger partial charge on any atom is -0.401 e. The maximum Gasteiger partial charge on any atom is 0.433 e. The van der Waals surface area contributed by atoms with Crippen LogP contribution in [0.25, 0.3) is 6.08 Å². The van der Waals surface area contributed by atoms with Gasteiger partial charge >= 0.3 is 5.88 Å². The molecule has 1 rings (SSSR count). The van der Waals surface area contributed by atoms with Crippen molar-refractivity contribution in [1.29, 1.82) is 0 Å². The van der Waals surface area contributed by atoms with Crippen LogP contribution in [-0.4, -0.2) is 10.8 Å². The molecule has 0 aliphatic heterocycles. The van der Waals surface area contributed by atoms with Crippen molar-refractivity contribution in [2.75, 3.05) is 0 Å². The van der Waals surface area contributed by atoms with Crippen molar-refractivity contribution >= 4 is 17.9 Å². The van der Waals surface area contributed by atoms with Crippen LogP contribution >= 0.6 is 0 Å². The third-order valence-electron chi connectivity index (χ3n) is 1.20. The molecule has 2 N–H and O–H groups in total. The van der Waals surface area contributed by atoms with Crippen molar-refractivity contribution in [3.8, 4) is 0 Å². The van der Waals surface area contributed by atoms with Gasteiger partial charge in [-0.05, 0) is 12.1 Å². The van der Waals surface area contributed by atoms with E-state index in [9.17, 15) is 14.9 Å². The number of hydrogen-bond acceptors (Lipinski definition) is 4. The first-order valence-corrected chi connectivity index (χ1v) is 3.31. The predicted molar refractivity (Wildman–Crippen MR) is 43.6 cm³/mol. The van der Waals surface area contributed by atoms with Crippen LogP contribution < -0.4 is 5.73 Å². The Kier molecular flexibility index (Phi) is 2.44. The molecule has 0 aromatic carbocycles. The van der Waals surface area contributed by atoms with E-state index in [1.165, 1.54) is 18.2 Å². The Morgan fingerprint density at radius 2 is 2.31 bits per heavy atom. The third kappa shape index (κ3) is 2.44. The minimum atomic E-state index is -0.665. The number of carbonyl (C=O) groups is 1. The van der Waals surface area contributed by atoms with Gasteiger partial charge in [0.05, 0.1) is 6.07 Å². The second-order valence-corrected chi connectivity index (χ2v) is 2.17. The monoisotopic (exact) mass is 182 g/mol. The molecule has 13 heavy (non-hydrogen) atoms. The number of carbonyl (C=O) groups excluding carboxylic acids is 1. The van der Waals surface area contributed by atoms with Crippen molar-refractivity contribution < 1.29 is 14.1 Å². The Bertz CT molecular complexity index is 366. The highest BCUT2D eigenvalue weighted by Crippen LogP contribution is 2.16. The molecular formula is C7H6N2O4. The average molecular weight is 182 g/mol. The van der Waals surface area contributed by atoms with Crippen molar-refractivity contribution in [3.63, 3.8) is 0 Å². The molecule has 6 nitrogen and oxygen atoms in total. The molecule has 0 saturated carbocycles. The maximum atomic E-state index is 10.3. The SMILES string of the molecule is NC(=O)C=Cc1ccc([N+](=O)[O-])o1. The van der Waals surface area contributed by atoms with Crippen LogP contribution in [-0.2, 0) is 4.79 Å². The van der Waals surface area contributed by atoms with E-state index in [4.69, 9.17) is 10.2 Å². The number of nitrogens with two attached hydrogens (primary N) is 1. The first-order valence-electron chi connectivity index (χ1n) is 3.31. The molecule has 0 fully saturated rings. The molecule has 0 saturated heterocycles. The molecule has 68 valence electrons. The van der Waals surface area contributed by atoms with E-state index in [-0.39, 0.29) is 11.6 Å². The van der Waals surface area contributed by atoms with E-state index in [0.717, 1.165) is 6.08 Å². The first kappa shape index (κ1) is 8.98. The predicted octanol–water partition coefficient (Wildman–Crippen LogP) is 0.686. The van der Waals surface area contributed by atoms with Gasteiger partial charge in [-0.3, -0.25) is 14.9 Å². The zero-order valence-electron chi connectivity index (χ0n) is 6.47. The summed E-state index contributed by atoms with van der Waals surface area (Å²) in [4.78, 5) is 19.8. The standard InChI is InChI=1S/C7H6N2O4/c8-6(10)3-1-5-2-4-7(13-5)9(11)12/h1-4H,(H2,8,10). The van der Waals surface area contributed by atoms with Gasteiger partial charge in [0.2, 0.25) is 5.91 Å². The van der Waals surface area contributed by atoms with Gasteiger partial charge in [-0.2, -0.15) is 0 Å². The summed E-state index contributed by atoms with van der Waals surface area (Å²) in [6.45, 7) is 0. The highest BCUT2D eigenvalue weighted by atomic mass is 16.6. The fraction of sp³-hybridized carbons (Fsp3) is 0. The van der Waals surface area contributed by atoms with Gasteiger partial charge < -0.3 is 10.2 Å². The maximum absolute atomic E-state index is 10.3. The third-order valence-corrected chi connectivity index (χ3v) is 1.20. The van der Waals surface area contributed by atoms with Gasteiger partial charge in [0.15, 0.2) is 0 Å². The lowest BCUT2D eigenvalue weighted by Crippen LogP contribution is -2.04. The van der Waals surface area contributed by atoms with Crippen molar-refractivity contribution in [3.05, 3.63) is 34.1 Å². The number of primary amides is 1. The molecule has 1 amide bonds. The average Bonchev–Trinajstić information content (AvgIpc) is 2.48.